The first-order valence-electron chi connectivity index (χ1n) is 7.72. The van der Waals surface area contributed by atoms with Gasteiger partial charge in [0, 0.05) is 15.6 Å². The zero-order valence-electron chi connectivity index (χ0n) is 13.5. The van der Waals surface area contributed by atoms with Crippen LogP contribution in [0.15, 0.2) is 51.5 Å². The Morgan fingerprint density at radius 2 is 1.83 bits per heavy atom. The highest BCUT2D eigenvalue weighted by Gasteiger charge is 2.12. The van der Waals surface area contributed by atoms with Crippen molar-refractivity contribution in [1.82, 2.24) is 10.1 Å². The van der Waals surface area contributed by atoms with Crippen molar-refractivity contribution in [2.24, 2.45) is 5.92 Å². The van der Waals surface area contributed by atoms with Crippen molar-refractivity contribution in [2.75, 3.05) is 0 Å². The van der Waals surface area contributed by atoms with Crippen LogP contribution < -0.4 is 0 Å². The van der Waals surface area contributed by atoms with Gasteiger partial charge >= 0.3 is 0 Å². The van der Waals surface area contributed by atoms with Gasteiger partial charge in [0.05, 0.1) is 0 Å². The van der Waals surface area contributed by atoms with Crippen LogP contribution in [0.4, 0.5) is 0 Å². The molecule has 0 atom stereocenters. The van der Waals surface area contributed by atoms with Crippen LogP contribution in [0.2, 0.25) is 0 Å². The van der Waals surface area contributed by atoms with E-state index in [1.54, 1.807) is 0 Å². The summed E-state index contributed by atoms with van der Waals surface area (Å²) in [5.74, 6) is 1.82. The molecule has 0 aliphatic carbocycles. The summed E-state index contributed by atoms with van der Waals surface area (Å²) in [7, 11) is 0. The summed E-state index contributed by atoms with van der Waals surface area (Å²) in [5, 5.41) is 4.12. The van der Waals surface area contributed by atoms with Crippen LogP contribution in [-0.2, 0) is 6.42 Å². The number of hydrogen-bond donors (Lipinski definition) is 0. The third kappa shape index (κ3) is 3.70. The van der Waals surface area contributed by atoms with Gasteiger partial charge in [-0.15, -0.1) is 0 Å². The Balaban J connectivity index is 1.86. The van der Waals surface area contributed by atoms with Gasteiger partial charge < -0.3 is 4.52 Å². The second-order valence-corrected chi connectivity index (χ2v) is 7.09. The zero-order chi connectivity index (χ0) is 16.4. The minimum atomic E-state index is 0.554. The Morgan fingerprint density at radius 1 is 1.09 bits per heavy atom. The number of nitrogens with zero attached hydrogens (tertiary/aromatic N) is 2. The molecule has 0 saturated carbocycles. The minimum Gasteiger partial charge on any atom is -0.334 e. The summed E-state index contributed by atoms with van der Waals surface area (Å²) in [4.78, 5) is 4.54. The molecule has 0 radical (unpaired) electrons. The van der Waals surface area contributed by atoms with Crippen LogP contribution in [0.1, 0.15) is 25.0 Å². The van der Waals surface area contributed by atoms with E-state index in [2.05, 4.69) is 52.1 Å². The molecule has 118 valence electrons. The van der Waals surface area contributed by atoms with Crippen LogP contribution in [0.3, 0.4) is 0 Å². The number of aryl methyl sites for hydroxylation is 1. The van der Waals surface area contributed by atoms with Crippen molar-refractivity contribution in [3.05, 3.63) is 58.1 Å². The van der Waals surface area contributed by atoms with E-state index in [0.717, 1.165) is 27.6 Å². The fourth-order valence-corrected chi connectivity index (χ4v) is 3.06. The normalized spacial score (nSPS) is 11.2. The summed E-state index contributed by atoms with van der Waals surface area (Å²) in [5.41, 5.74) is 4.37. The van der Waals surface area contributed by atoms with E-state index >= 15 is 0 Å². The molecule has 0 bridgehead atoms. The molecule has 0 amide bonds. The number of halogens is 1. The lowest BCUT2D eigenvalue weighted by atomic mass is 10.0. The smallest absolute Gasteiger partial charge is 0.258 e. The quantitative estimate of drug-likeness (QED) is 0.593. The standard InChI is InChI=1S/C19H19BrN2O/c1-12(2)10-14-4-6-15(7-5-14)19-21-18(22-23-19)17-9-8-16(20)11-13(17)3/h4-9,11-12H,10H2,1-3H3. The molecule has 0 unspecified atom stereocenters. The Labute approximate surface area is 144 Å². The first-order valence-corrected chi connectivity index (χ1v) is 8.52. The molecule has 0 saturated heterocycles. The van der Waals surface area contributed by atoms with Crippen molar-refractivity contribution in [3.8, 4) is 22.8 Å². The Morgan fingerprint density at radius 3 is 2.48 bits per heavy atom. The van der Waals surface area contributed by atoms with E-state index in [0.29, 0.717) is 17.6 Å². The molecule has 0 N–H and O–H groups in total. The van der Waals surface area contributed by atoms with Crippen LogP contribution in [0.5, 0.6) is 0 Å². The van der Waals surface area contributed by atoms with Crippen LogP contribution in [0, 0.1) is 12.8 Å². The fourth-order valence-electron chi connectivity index (χ4n) is 2.58. The largest absolute Gasteiger partial charge is 0.334 e. The molecule has 23 heavy (non-hydrogen) atoms. The second kappa shape index (κ2) is 6.67. The lowest BCUT2D eigenvalue weighted by molar-refractivity contribution is 0.432. The molecule has 0 aliphatic rings. The van der Waals surface area contributed by atoms with Gasteiger partial charge in [0.25, 0.3) is 5.89 Å². The molecule has 0 fully saturated rings. The van der Waals surface area contributed by atoms with Gasteiger partial charge in [-0.25, -0.2) is 0 Å². The average Bonchev–Trinajstić information content (AvgIpc) is 2.97. The van der Waals surface area contributed by atoms with Crippen molar-refractivity contribution < 1.29 is 4.52 Å². The van der Waals surface area contributed by atoms with E-state index in [1.807, 2.05) is 37.3 Å². The Bertz CT molecular complexity index is 806. The van der Waals surface area contributed by atoms with Gasteiger partial charge in [-0.2, -0.15) is 4.98 Å². The predicted molar refractivity (Wildman–Crippen MR) is 96.1 cm³/mol. The molecule has 4 heteroatoms. The molecule has 3 aromatic rings. The zero-order valence-corrected chi connectivity index (χ0v) is 15.1. The summed E-state index contributed by atoms with van der Waals surface area (Å²) in [6, 6.07) is 14.4. The van der Waals surface area contributed by atoms with Gasteiger partial charge in [0.15, 0.2) is 0 Å². The number of aromatic nitrogens is 2. The fraction of sp³-hybridized carbons (Fsp3) is 0.263. The first kappa shape index (κ1) is 15.9. The van der Waals surface area contributed by atoms with E-state index in [-0.39, 0.29) is 0 Å². The van der Waals surface area contributed by atoms with Gasteiger partial charge in [-0.3, -0.25) is 0 Å². The van der Waals surface area contributed by atoms with Crippen molar-refractivity contribution in [2.45, 2.75) is 27.2 Å². The highest BCUT2D eigenvalue weighted by atomic mass is 79.9. The Hall–Kier alpha value is -1.94. The number of benzene rings is 2. The van der Waals surface area contributed by atoms with Crippen LogP contribution in [-0.4, -0.2) is 10.1 Å². The highest BCUT2D eigenvalue weighted by Crippen LogP contribution is 2.26. The summed E-state index contributed by atoms with van der Waals surface area (Å²) < 4.78 is 6.48. The molecular formula is C19H19BrN2O. The second-order valence-electron chi connectivity index (χ2n) is 6.18. The molecule has 0 aliphatic heterocycles. The molecule has 3 nitrogen and oxygen atoms in total. The molecular weight excluding hydrogens is 352 g/mol. The summed E-state index contributed by atoms with van der Waals surface area (Å²) in [6.07, 6.45) is 1.08. The van der Waals surface area contributed by atoms with E-state index in [1.165, 1.54) is 5.56 Å². The van der Waals surface area contributed by atoms with E-state index < -0.39 is 0 Å². The monoisotopic (exact) mass is 370 g/mol. The SMILES string of the molecule is Cc1cc(Br)ccc1-c1noc(-c2ccc(CC(C)C)cc2)n1. The van der Waals surface area contributed by atoms with Crippen molar-refractivity contribution in [3.63, 3.8) is 0 Å². The molecule has 2 aromatic carbocycles. The van der Waals surface area contributed by atoms with Crippen molar-refractivity contribution >= 4 is 15.9 Å². The number of rotatable bonds is 4. The summed E-state index contributed by atoms with van der Waals surface area (Å²) >= 11 is 3.47. The van der Waals surface area contributed by atoms with E-state index in [4.69, 9.17) is 4.52 Å². The molecule has 1 aromatic heterocycles. The lowest BCUT2D eigenvalue weighted by Gasteiger charge is -2.04. The topological polar surface area (TPSA) is 38.9 Å². The maximum Gasteiger partial charge on any atom is 0.258 e. The number of hydrogen-bond acceptors (Lipinski definition) is 3. The van der Waals surface area contributed by atoms with Gasteiger partial charge in [-0.05, 0) is 60.7 Å². The van der Waals surface area contributed by atoms with Crippen LogP contribution in [0.25, 0.3) is 22.8 Å². The maximum atomic E-state index is 5.44. The van der Waals surface area contributed by atoms with Gasteiger partial charge in [0.1, 0.15) is 0 Å². The first-order chi connectivity index (χ1) is 11.0. The third-order valence-corrected chi connectivity index (χ3v) is 4.19. The minimum absolute atomic E-state index is 0.554. The van der Waals surface area contributed by atoms with Gasteiger partial charge in [0.2, 0.25) is 5.82 Å². The summed E-state index contributed by atoms with van der Waals surface area (Å²) in [6.45, 7) is 6.48. The van der Waals surface area contributed by atoms with Gasteiger partial charge in [-0.1, -0.05) is 47.1 Å². The van der Waals surface area contributed by atoms with E-state index in [9.17, 15) is 0 Å². The average molecular weight is 371 g/mol. The van der Waals surface area contributed by atoms with Crippen molar-refractivity contribution in [1.29, 1.82) is 0 Å². The Kier molecular flexibility index (Phi) is 4.62. The third-order valence-electron chi connectivity index (χ3n) is 3.70. The van der Waals surface area contributed by atoms with Crippen LogP contribution >= 0.6 is 15.9 Å². The highest BCUT2D eigenvalue weighted by molar-refractivity contribution is 9.10. The predicted octanol–water partition coefficient (Wildman–Crippen LogP) is 5.67. The molecule has 1 heterocycles. The lowest BCUT2D eigenvalue weighted by Crippen LogP contribution is -1.93. The maximum absolute atomic E-state index is 5.44. The molecule has 3 rings (SSSR count). The molecule has 0 spiro atoms.